The van der Waals surface area contributed by atoms with E-state index in [0.29, 0.717) is 5.03 Å². The van der Waals surface area contributed by atoms with Gasteiger partial charge in [0.2, 0.25) is 5.91 Å². The number of aryl methyl sites for hydroxylation is 1. The Labute approximate surface area is 116 Å². The van der Waals surface area contributed by atoms with E-state index in [-0.39, 0.29) is 11.2 Å². The molecule has 2 aromatic rings. The molecule has 1 heterocycles. The molecule has 5 heteroatoms. The van der Waals surface area contributed by atoms with Gasteiger partial charge < -0.3 is 5.73 Å². The third kappa shape index (κ3) is 3.54. The number of amides is 1. The van der Waals surface area contributed by atoms with Gasteiger partial charge in [0.1, 0.15) is 5.03 Å². The van der Waals surface area contributed by atoms with Gasteiger partial charge in [-0.25, -0.2) is 0 Å². The van der Waals surface area contributed by atoms with E-state index >= 15 is 0 Å². The molecule has 0 saturated carbocycles. The number of nitrogens with zero attached hydrogens (tertiary/aromatic N) is 2. The number of carbonyl (C=O) groups excluding carboxylic acids is 1. The number of nitrogens with two attached hydrogens (primary N) is 1. The fourth-order valence-electron chi connectivity index (χ4n) is 1.50. The molecule has 1 amide bonds. The first-order valence-electron chi connectivity index (χ1n) is 5.93. The van der Waals surface area contributed by atoms with Gasteiger partial charge in [-0.1, -0.05) is 41.6 Å². The van der Waals surface area contributed by atoms with E-state index in [1.165, 1.54) is 17.3 Å². The van der Waals surface area contributed by atoms with Crippen LogP contribution in [0.4, 0.5) is 0 Å². The fraction of sp³-hybridized carbons (Fsp3) is 0.214. The minimum atomic E-state index is -0.352. The van der Waals surface area contributed by atoms with Crippen molar-refractivity contribution < 1.29 is 4.79 Å². The van der Waals surface area contributed by atoms with E-state index in [0.717, 1.165) is 11.3 Å². The highest BCUT2D eigenvalue weighted by atomic mass is 32.2. The first-order chi connectivity index (χ1) is 9.06. The highest BCUT2D eigenvalue weighted by Gasteiger charge is 2.11. The van der Waals surface area contributed by atoms with Gasteiger partial charge in [-0.3, -0.25) is 4.79 Å². The second kappa shape index (κ2) is 5.84. The molecule has 98 valence electrons. The van der Waals surface area contributed by atoms with Crippen LogP contribution in [0.25, 0.3) is 11.3 Å². The summed E-state index contributed by atoms with van der Waals surface area (Å²) in [6, 6.07) is 11.8. The van der Waals surface area contributed by atoms with Gasteiger partial charge in [0.05, 0.1) is 10.9 Å². The molecule has 1 aromatic heterocycles. The second-order valence-corrected chi connectivity index (χ2v) is 5.65. The van der Waals surface area contributed by atoms with E-state index in [4.69, 9.17) is 5.73 Å². The molecule has 19 heavy (non-hydrogen) atoms. The number of aromatic nitrogens is 2. The number of carbonyl (C=O) groups is 1. The zero-order valence-corrected chi connectivity index (χ0v) is 11.6. The van der Waals surface area contributed by atoms with Gasteiger partial charge in [0.15, 0.2) is 0 Å². The smallest absolute Gasteiger partial charge is 0.230 e. The topological polar surface area (TPSA) is 68.9 Å². The number of benzene rings is 1. The van der Waals surface area contributed by atoms with E-state index < -0.39 is 0 Å². The Kier molecular flexibility index (Phi) is 4.16. The number of thioether (sulfide) groups is 1. The van der Waals surface area contributed by atoms with Crippen molar-refractivity contribution >= 4 is 17.7 Å². The number of hydrogen-bond donors (Lipinski definition) is 1. The highest BCUT2D eigenvalue weighted by molar-refractivity contribution is 8.00. The summed E-state index contributed by atoms with van der Waals surface area (Å²) in [7, 11) is 0. The summed E-state index contributed by atoms with van der Waals surface area (Å²) >= 11 is 1.31. The van der Waals surface area contributed by atoms with Crippen molar-refractivity contribution in [1.29, 1.82) is 0 Å². The lowest BCUT2D eigenvalue weighted by atomic mass is 10.1. The molecule has 0 aliphatic carbocycles. The number of primary amides is 1. The monoisotopic (exact) mass is 273 g/mol. The van der Waals surface area contributed by atoms with Crippen LogP contribution in [-0.4, -0.2) is 21.4 Å². The Morgan fingerprint density at radius 2 is 1.84 bits per heavy atom. The first-order valence-corrected chi connectivity index (χ1v) is 6.81. The van der Waals surface area contributed by atoms with Crippen molar-refractivity contribution in [2.45, 2.75) is 24.1 Å². The van der Waals surface area contributed by atoms with E-state index in [1.54, 1.807) is 6.92 Å². The van der Waals surface area contributed by atoms with Crippen molar-refractivity contribution in [2.75, 3.05) is 0 Å². The van der Waals surface area contributed by atoms with Crippen LogP contribution in [0.5, 0.6) is 0 Å². The minimum Gasteiger partial charge on any atom is -0.369 e. The van der Waals surface area contributed by atoms with E-state index in [1.807, 2.05) is 43.3 Å². The summed E-state index contributed by atoms with van der Waals surface area (Å²) < 4.78 is 0. The standard InChI is InChI=1S/C14H15N3OS/c1-9-3-5-11(6-4-9)12-7-8-13(17-16-12)19-10(2)14(15)18/h3-8,10H,1-2H3,(H2,15,18). The minimum absolute atomic E-state index is 0.306. The van der Waals surface area contributed by atoms with Gasteiger partial charge in [-0.05, 0) is 26.0 Å². The predicted molar refractivity (Wildman–Crippen MR) is 76.7 cm³/mol. The largest absolute Gasteiger partial charge is 0.369 e. The summed E-state index contributed by atoms with van der Waals surface area (Å²) in [4.78, 5) is 11.0. The maximum atomic E-state index is 11.0. The molecule has 2 rings (SSSR count). The van der Waals surface area contributed by atoms with Crippen LogP contribution in [0.2, 0.25) is 0 Å². The Bertz CT molecular complexity index is 566. The molecule has 0 radical (unpaired) electrons. The van der Waals surface area contributed by atoms with Gasteiger partial charge in [0, 0.05) is 5.56 Å². The highest BCUT2D eigenvalue weighted by Crippen LogP contribution is 2.22. The summed E-state index contributed by atoms with van der Waals surface area (Å²) in [6.07, 6.45) is 0. The second-order valence-electron chi connectivity index (χ2n) is 4.29. The van der Waals surface area contributed by atoms with Crippen molar-refractivity contribution in [3.05, 3.63) is 42.0 Å². The van der Waals surface area contributed by atoms with Crippen LogP contribution in [0, 0.1) is 6.92 Å². The summed E-state index contributed by atoms with van der Waals surface area (Å²) in [6.45, 7) is 3.79. The zero-order valence-electron chi connectivity index (χ0n) is 10.8. The molecule has 0 aliphatic heterocycles. The van der Waals surface area contributed by atoms with Crippen molar-refractivity contribution in [2.24, 2.45) is 5.73 Å². The molecule has 0 saturated heterocycles. The molecule has 2 N–H and O–H groups in total. The normalized spacial score (nSPS) is 12.1. The lowest BCUT2D eigenvalue weighted by molar-refractivity contribution is -0.117. The predicted octanol–water partition coefficient (Wildman–Crippen LogP) is 2.42. The average molecular weight is 273 g/mol. The molecular formula is C14H15N3OS. The maximum absolute atomic E-state index is 11.0. The molecule has 1 atom stereocenters. The quantitative estimate of drug-likeness (QED) is 0.869. The summed E-state index contributed by atoms with van der Waals surface area (Å²) in [5.41, 5.74) is 8.26. The SMILES string of the molecule is Cc1ccc(-c2ccc(SC(C)C(N)=O)nn2)cc1. The van der Waals surface area contributed by atoms with Crippen molar-refractivity contribution in [3.63, 3.8) is 0 Å². The van der Waals surface area contributed by atoms with Crippen LogP contribution in [-0.2, 0) is 4.79 Å². The lowest BCUT2D eigenvalue weighted by Gasteiger charge is -2.06. The summed E-state index contributed by atoms with van der Waals surface area (Å²) in [5, 5.41) is 8.66. The molecule has 0 aliphatic rings. The third-order valence-corrected chi connectivity index (χ3v) is 3.73. The molecule has 0 bridgehead atoms. The average Bonchev–Trinajstić information content (AvgIpc) is 2.40. The Hall–Kier alpha value is -1.88. The number of hydrogen-bond acceptors (Lipinski definition) is 4. The van der Waals surface area contributed by atoms with Crippen LogP contribution in [0.15, 0.2) is 41.4 Å². The van der Waals surface area contributed by atoms with Crippen LogP contribution in [0.1, 0.15) is 12.5 Å². The van der Waals surface area contributed by atoms with Crippen LogP contribution < -0.4 is 5.73 Å². The fourth-order valence-corrected chi connectivity index (χ4v) is 2.21. The van der Waals surface area contributed by atoms with Gasteiger partial charge in [0.25, 0.3) is 0 Å². The molecular weight excluding hydrogens is 258 g/mol. The van der Waals surface area contributed by atoms with Crippen LogP contribution in [0.3, 0.4) is 0 Å². The molecule has 1 aromatic carbocycles. The van der Waals surface area contributed by atoms with E-state index in [2.05, 4.69) is 10.2 Å². The van der Waals surface area contributed by atoms with Gasteiger partial charge in [-0.15, -0.1) is 10.2 Å². The van der Waals surface area contributed by atoms with Gasteiger partial charge >= 0.3 is 0 Å². The molecule has 1 unspecified atom stereocenters. The maximum Gasteiger partial charge on any atom is 0.230 e. The molecule has 4 nitrogen and oxygen atoms in total. The summed E-state index contributed by atoms with van der Waals surface area (Å²) in [5.74, 6) is -0.352. The zero-order chi connectivity index (χ0) is 13.8. The van der Waals surface area contributed by atoms with Gasteiger partial charge in [-0.2, -0.15) is 0 Å². The first kappa shape index (κ1) is 13.5. The lowest BCUT2D eigenvalue weighted by Crippen LogP contribution is -2.22. The molecule has 0 spiro atoms. The third-order valence-electron chi connectivity index (χ3n) is 2.69. The van der Waals surface area contributed by atoms with Crippen molar-refractivity contribution in [1.82, 2.24) is 10.2 Å². The Balaban J connectivity index is 2.14. The number of rotatable bonds is 4. The molecule has 0 fully saturated rings. The van der Waals surface area contributed by atoms with Crippen molar-refractivity contribution in [3.8, 4) is 11.3 Å². The van der Waals surface area contributed by atoms with E-state index in [9.17, 15) is 4.79 Å². The Morgan fingerprint density at radius 1 is 1.16 bits per heavy atom. The Morgan fingerprint density at radius 3 is 2.37 bits per heavy atom. The van der Waals surface area contributed by atoms with Crippen LogP contribution >= 0.6 is 11.8 Å².